The van der Waals surface area contributed by atoms with Gasteiger partial charge in [-0.05, 0) is 42.5 Å². The molecule has 1 saturated heterocycles. The normalized spacial score (nSPS) is 16.2. The topological polar surface area (TPSA) is 95.5 Å². The number of hydrogen-bond acceptors (Lipinski definition) is 4. The number of thioether (sulfide) groups is 1. The largest absolute Gasteiger partial charge is 0.480 e. The molecule has 0 bridgehead atoms. The molecule has 2 amide bonds. The molecule has 1 aliphatic heterocycles. The van der Waals surface area contributed by atoms with E-state index in [1.807, 2.05) is 0 Å². The molecule has 1 aromatic rings. The van der Waals surface area contributed by atoms with Crippen LogP contribution in [0.3, 0.4) is 0 Å². The number of carbonyl (C=O) groups is 3. The average Bonchev–Trinajstić information content (AvgIpc) is 2.56. The highest BCUT2D eigenvalue weighted by molar-refractivity contribution is 7.99. The molecular weight excluding hydrogens is 375 g/mol. The fourth-order valence-electron chi connectivity index (χ4n) is 2.32. The van der Waals surface area contributed by atoms with Crippen molar-refractivity contribution in [3.8, 4) is 0 Å². The minimum absolute atomic E-state index is 0.235. The van der Waals surface area contributed by atoms with E-state index in [0.717, 1.165) is 0 Å². The Morgan fingerprint density at radius 3 is 2.42 bits per heavy atom. The van der Waals surface area contributed by atoms with E-state index in [1.54, 1.807) is 11.8 Å². The Labute approximate surface area is 153 Å². The molecule has 9 heteroatoms. The highest BCUT2D eigenvalue weighted by Gasteiger charge is 2.41. The second kappa shape index (κ2) is 8.09. The van der Waals surface area contributed by atoms with Crippen molar-refractivity contribution < 1.29 is 19.5 Å². The van der Waals surface area contributed by atoms with Gasteiger partial charge in [-0.3, -0.25) is 9.59 Å². The van der Waals surface area contributed by atoms with Gasteiger partial charge in [-0.15, -0.1) is 0 Å². The van der Waals surface area contributed by atoms with E-state index in [-0.39, 0.29) is 17.1 Å². The van der Waals surface area contributed by atoms with Crippen molar-refractivity contribution in [2.45, 2.75) is 18.4 Å². The predicted molar refractivity (Wildman–Crippen MR) is 93.9 cm³/mol. The van der Waals surface area contributed by atoms with E-state index in [4.69, 9.17) is 23.2 Å². The maximum absolute atomic E-state index is 12.0. The van der Waals surface area contributed by atoms with Gasteiger partial charge >= 0.3 is 5.97 Å². The van der Waals surface area contributed by atoms with Gasteiger partial charge in [-0.2, -0.15) is 11.8 Å². The lowest BCUT2D eigenvalue weighted by Gasteiger charge is -2.33. The van der Waals surface area contributed by atoms with E-state index in [2.05, 4.69) is 10.6 Å². The maximum Gasteiger partial charge on any atom is 0.329 e. The van der Waals surface area contributed by atoms with Crippen LogP contribution in [0.25, 0.3) is 0 Å². The van der Waals surface area contributed by atoms with Crippen LogP contribution in [0.1, 0.15) is 23.2 Å². The zero-order valence-electron chi connectivity index (χ0n) is 12.6. The lowest BCUT2D eigenvalue weighted by Crippen LogP contribution is -2.58. The van der Waals surface area contributed by atoms with E-state index >= 15 is 0 Å². The zero-order valence-corrected chi connectivity index (χ0v) is 14.9. The molecule has 1 heterocycles. The fourth-order valence-corrected chi connectivity index (χ4v) is 3.81. The smallest absolute Gasteiger partial charge is 0.329 e. The first-order chi connectivity index (χ1) is 11.3. The first-order valence-electron chi connectivity index (χ1n) is 7.19. The molecule has 3 N–H and O–H groups in total. The van der Waals surface area contributed by atoms with Gasteiger partial charge in [-0.25, -0.2) is 4.79 Å². The van der Waals surface area contributed by atoms with Crippen LogP contribution in [-0.4, -0.2) is 46.5 Å². The number of halogens is 2. The fraction of sp³-hybridized carbons (Fsp3) is 0.400. The molecular formula is C15H16Cl2N2O4S. The quantitative estimate of drug-likeness (QED) is 0.715. The standard InChI is InChI=1S/C15H16Cl2N2O4S/c16-10-2-1-9(7-11(10)17)13(21)18-8-12(20)19-15(14(22)23)3-5-24-6-4-15/h1-2,7H,3-6,8H2,(H,18,21)(H,19,20)(H,22,23). The molecule has 6 nitrogen and oxygen atoms in total. The summed E-state index contributed by atoms with van der Waals surface area (Å²) in [6.07, 6.45) is 0.721. The van der Waals surface area contributed by atoms with Crippen LogP contribution in [-0.2, 0) is 9.59 Å². The number of carboxylic acid groups (broad SMARTS) is 1. The molecule has 1 aliphatic rings. The molecule has 0 aliphatic carbocycles. The Morgan fingerprint density at radius 2 is 1.83 bits per heavy atom. The van der Waals surface area contributed by atoms with Crippen molar-refractivity contribution in [2.24, 2.45) is 0 Å². The van der Waals surface area contributed by atoms with Crippen molar-refractivity contribution in [2.75, 3.05) is 18.1 Å². The Bertz CT molecular complexity index is 663. The molecule has 0 atom stereocenters. The number of nitrogens with one attached hydrogen (secondary N) is 2. The summed E-state index contributed by atoms with van der Waals surface area (Å²) in [6.45, 7) is -0.318. The van der Waals surface area contributed by atoms with Crippen LogP contribution in [0.2, 0.25) is 10.0 Å². The molecule has 1 aromatic carbocycles. The van der Waals surface area contributed by atoms with Gasteiger partial charge in [0.15, 0.2) is 0 Å². The number of rotatable bonds is 5. The van der Waals surface area contributed by atoms with Crippen LogP contribution in [0.15, 0.2) is 18.2 Å². The van der Waals surface area contributed by atoms with Crippen LogP contribution in [0.4, 0.5) is 0 Å². The molecule has 0 aromatic heterocycles. The molecule has 2 rings (SSSR count). The van der Waals surface area contributed by atoms with Gasteiger partial charge in [0, 0.05) is 5.56 Å². The average molecular weight is 391 g/mol. The first kappa shape index (κ1) is 18.9. The summed E-state index contributed by atoms with van der Waals surface area (Å²) in [5.74, 6) is -0.748. The number of amides is 2. The predicted octanol–water partition coefficient (Wildman–Crippen LogP) is 2.19. The minimum Gasteiger partial charge on any atom is -0.480 e. The second-order valence-corrected chi connectivity index (χ2v) is 7.40. The summed E-state index contributed by atoms with van der Waals surface area (Å²) in [5.41, 5.74) is -0.990. The van der Waals surface area contributed by atoms with Crippen molar-refractivity contribution in [1.82, 2.24) is 10.6 Å². The van der Waals surface area contributed by atoms with Gasteiger partial charge < -0.3 is 15.7 Å². The monoisotopic (exact) mass is 390 g/mol. The van der Waals surface area contributed by atoms with E-state index in [9.17, 15) is 19.5 Å². The van der Waals surface area contributed by atoms with Gasteiger partial charge in [-0.1, -0.05) is 23.2 Å². The Kier molecular flexibility index (Phi) is 6.37. The highest BCUT2D eigenvalue weighted by Crippen LogP contribution is 2.27. The second-order valence-electron chi connectivity index (χ2n) is 5.36. The zero-order chi connectivity index (χ0) is 17.7. The van der Waals surface area contributed by atoms with Crippen LogP contribution >= 0.6 is 35.0 Å². The summed E-state index contributed by atoms with van der Waals surface area (Å²) in [7, 11) is 0. The van der Waals surface area contributed by atoms with Gasteiger partial charge in [0.1, 0.15) is 5.54 Å². The summed E-state index contributed by atoms with van der Waals surface area (Å²) >= 11 is 13.3. The SMILES string of the molecule is O=C(CNC(=O)c1ccc(Cl)c(Cl)c1)NC1(C(=O)O)CCSCC1. The van der Waals surface area contributed by atoms with E-state index in [1.165, 1.54) is 18.2 Å². The van der Waals surface area contributed by atoms with Crippen molar-refractivity contribution in [3.63, 3.8) is 0 Å². The number of hydrogen-bond donors (Lipinski definition) is 3. The van der Waals surface area contributed by atoms with Crippen molar-refractivity contribution in [1.29, 1.82) is 0 Å². The summed E-state index contributed by atoms with van der Waals surface area (Å²) in [5, 5.41) is 15.0. The first-order valence-corrected chi connectivity index (χ1v) is 9.10. The molecule has 0 spiro atoms. The van der Waals surface area contributed by atoms with Gasteiger partial charge in [0.2, 0.25) is 5.91 Å². The summed E-state index contributed by atoms with van der Waals surface area (Å²) in [4.78, 5) is 35.5. The highest BCUT2D eigenvalue weighted by atomic mass is 35.5. The lowest BCUT2D eigenvalue weighted by molar-refractivity contribution is -0.147. The van der Waals surface area contributed by atoms with Gasteiger partial charge in [0.05, 0.1) is 16.6 Å². The summed E-state index contributed by atoms with van der Waals surface area (Å²) < 4.78 is 0. The third kappa shape index (κ3) is 4.55. The van der Waals surface area contributed by atoms with E-state index < -0.39 is 23.3 Å². The van der Waals surface area contributed by atoms with Crippen LogP contribution < -0.4 is 10.6 Å². The molecule has 130 valence electrons. The number of carboxylic acids is 1. The minimum atomic E-state index is -1.25. The number of aliphatic carboxylic acids is 1. The van der Waals surface area contributed by atoms with Crippen molar-refractivity contribution >= 4 is 52.7 Å². The van der Waals surface area contributed by atoms with Crippen LogP contribution in [0, 0.1) is 0 Å². The number of benzene rings is 1. The van der Waals surface area contributed by atoms with Gasteiger partial charge in [0.25, 0.3) is 5.91 Å². The third-order valence-corrected chi connectivity index (χ3v) is 5.45. The lowest BCUT2D eigenvalue weighted by atomic mass is 9.92. The number of carbonyl (C=O) groups excluding carboxylic acids is 2. The Morgan fingerprint density at radius 1 is 1.17 bits per heavy atom. The van der Waals surface area contributed by atoms with Crippen LogP contribution in [0.5, 0.6) is 0 Å². The Balaban J connectivity index is 1.93. The molecule has 1 fully saturated rings. The van der Waals surface area contributed by atoms with E-state index in [0.29, 0.717) is 29.4 Å². The summed E-state index contributed by atoms with van der Waals surface area (Å²) in [6, 6.07) is 4.37. The Hall–Kier alpha value is -1.44. The molecule has 0 unspecified atom stereocenters. The molecule has 0 saturated carbocycles. The van der Waals surface area contributed by atoms with Crippen molar-refractivity contribution in [3.05, 3.63) is 33.8 Å². The third-order valence-electron chi connectivity index (χ3n) is 3.73. The molecule has 24 heavy (non-hydrogen) atoms. The maximum atomic E-state index is 12.0. The molecule has 0 radical (unpaired) electrons.